The highest BCUT2D eigenvalue weighted by molar-refractivity contribution is 3.78. The first-order valence-electron chi connectivity index (χ1n) is 1.62. The van der Waals surface area contributed by atoms with Gasteiger partial charge in [-0.2, -0.15) is 0 Å². The first-order valence-corrected chi connectivity index (χ1v) is 1.62. The lowest BCUT2D eigenvalue weighted by Crippen LogP contribution is -2.16. The molecule has 0 aromatic rings. The van der Waals surface area contributed by atoms with Gasteiger partial charge in [-0.3, -0.25) is 0 Å². The van der Waals surface area contributed by atoms with Crippen LogP contribution in [0.4, 0.5) is 0 Å². The highest BCUT2D eigenvalue weighted by Gasteiger charge is 1.75. The van der Waals surface area contributed by atoms with Crippen molar-refractivity contribution in [2.24, 2.45) is 0 Å². The molecule has 0 atom stereocenters. The minimum Gasteiger partial charge on any atom is -0.369 e. The van der Waals surface area contributed by atoms with Gasteiger partial charge in [0.25, 0.3) is 0 Å². The fraction of sp³-hybridized carbons (Fsp3) is 1.00. The van der Waals surface area contributed by atoms with Crippen LogP contribution < -0.4 is 5.64 Å². The van der Waals surface area contributed by atoms with E-state index in [1.807, 2.05) is 0 Å². The molecule has 5 nitrogen and oxygen atoms in total. The number of aliphatic hydroxyl groups excluding tert-OH is 2. The molecule has 0 aromatic carbocycles. The van der Waals surface area contributed by atoms with E-state index in [2.05, 4.69) is 9.68 Å². The third-order valence-corrected chi connectivity index (χ3v) is 0.247. The predicted octanol–water partition coefficient (Wildman–Crippen LogP) is -1.66. The summed E-state index contributed by atoms with van der Waals surface area (Å²) in [6.07, 6.45) is 0. The Hall–Kier alpha value is -0.200. The minimum atomic E-state index is -0.486. The molecule has 0 saturated heterocycles. The second-order valence-electron chi connectivity index (χ2n) is 0.630. The SMILES string of the molecule is OCONOCO. The van der Waals surface area contributed by atoms with Gasteiger partial charge in [0.15, 0.2) is 13.6 Å². The summed E-state index contributed by atoms with van der Waals surface area (Å²) in [6.45, 7) is -0.972. The average molecular weight is 109 g/mol. The van der Waals surface area contributed by atoms with Crippen molar-refractivity contribution in [3.05, 3.63) is 0 Å². The maximum Gasteiger partial charge on any atom is 0.166 e. The monoisotopic (exact) mass is 109 g/mol. The molecule has 5 heteroatoms. The molecule has 0 bridgehead atoms. The zero-order valence-corrected chi connectivity index (χ0v) is 3.63. The molecule has 7 heavy (non-hydrogen) atoms. The fourth-order valence-electron chi connectivity index (χ4n) is 0.0944. The van der Waals surface area contributed by atoms with Crippen molar-refractivity contribution in [2.75, 3.05) is 13.6 Å². The Morgan fingerprint density at radius 2 is 1.57 bits per heavy atom. The first kappa shape index (κ1) is 6.80. The van der Waals surface area contributed by atoms with Crippen molar-refractivity contribution in [3.8, 4) is 0 Å². The molecule has 0 spiro atoms. The lowest BCUT2D eigenvalue weighted by atomic mass is 11.5. The summed E-state index contributed by atoms with van der Waals surface area (Å²) in [5.41, 5.74) is 1.78. The lowest BCUT2D eigenvalue weighted by Gasteiger charge is -1.97. The van der Waals surface area contributed by atoms with Gasteiger partial charge < -0.3 is 10.2 Å². The smallest absolute Gasteiger partial charge is 0.166 e. The van der Waals surface area contributed by atoms with Crippen LogP contribution in [0, 0.1) is 0 Å². The second kappa shape index (κ2) is 5.80. The van der Waals surface area contributed by atoms with E-state index in [1.165, 1.54) is 0 Å². The molecular formula is C2H7NO4. The maximum absolute atomic E-state index is 7.85. The Kier molecular flexibility index (Phi) is 5.63. The van der Waals surface area contributed by atoms with Crippen LogP contribution >= 0.6 is 0 Å². The molecule has 0 unspecified atom stereocenters. The molecule has 0 aliphatic carbocycles. The normalized spacial score (nSPS) is 9.43. The van der Waals surface area contributed by atoms with Gasteiger partial charge in [0.1, 0.15) is 0 Å². The molecular weight excluding hydrogens is 102 g/mol. The minimum absolute atomic E-state index is 0.486. The summed E-state index contributed by atoms with van der Waals surface area (Å²) in [6, 6.07) is 0. The Morgan fingerprint density at radius 3 is 1.86 bits per heavy atom. The molecule has 0 aromatic heterocycles. The van der Waals surface area contributed by atoms with Crippen molar-refractivity contribution < 1.29 is 19.9 Å². The number of nitrogens with one attached hydrogen (secondary N) is 1. The van der Waals surface area contributed by atoms with Gasteiger partial charge >= 0.3 is 0 Å². The van der Waals surface area contributed by atoms with Crippen LogP contribution in [-0.4, -0.2) is 23.8 Å². The largest absolute Gasteiger partial charge is 0.369 e. The van der Waals surface area contributed by atoms with Gasteiger partial charge in [0.2, 0.25) is 0 Å². The average Bonchev–Trinajstić information content (AvgIpc) is 1.69. The Labute approximate surface area is 40.4 Å². The Morgan fingerprint density at radius 1 is 1.14 bits per heavy atom. The van der Waals surface area contributed by atoms with E-state index in [-0.39, 0.29) is 0 Å². The van der Waals surface area contributed by atoms with E-state index in [9.17, 15) is 0 Å². The molecule has 0 heterocycles. The van der Waals surface area contributed by atoms with Gasteiger partial charge in [0, 0.05) is 0 Å². The molecule has 3 N–H and O–H groups in total. The van der Waals surface area contributed by atoms with E-state index < -0.39 is 13.6 Å². The summed E-state index contributed by atoms with van der Waals surface area (Å²) >= 11 is 0. The van der Waals surface area contributed by atoms with Gasteiger partial charge in [0.05, 0.1) is 0 Å². The second-order valence-corrected chi connectivity index (χ2v) is 0.630. The van der Waals surface area contributed by atoms with Gasteiger partial charge in [-0.05, 0) is 0 Å². The standard InChI is InChI=1S/C2H7NO4/c4-1-6-3-7-2-5/h3-5H,1-2H2. The third kappa shape index (κ3) is 5.80. The summed E-state index contributed by atoms with van der Waals surface area (Å²) in [5.74, 6) is 0. The zero-order chi connectivity index (χ0) is 5.54. The molecule has 0 aliphatic rings. The summed E-state index contributed by atoms with van der Waals surface area (Å²) in [7, 11) is 0. The third-order valence-electron chi connectivity index (χ3n) is 0.247. The summed E-state index contributed by atoms with van der Waals surface area (Å²) < 4.78 is 0. The summed E-state index contributed by atoms with van der Waals surface area (Å²) in [5, 5.41) is 15.7. The number of hydrogen-bond acceptors (Lipinski definition) is 5. The van der Waals surface area contributed by atoms with Crippen LogP contribution in [0.5, 0.6) is 0 Å². The molecule has 0 amide bonds. The maximum atomic E-state index is 7.85. The van der Waals surface area contributed by atoms with Crippen molar-refractivity contribution in [3.63, 3.8) is 0 Å². The molecule has 44 valence electrons. The molecule has 0 radical (unpaired) electrons. The highest BCUT2D eigenvalue weighted by atomic mass is 16.9. The predicted molar refractivity (Wildman–Crippen MR) is 19.5 cm³/mol. The van der Waals surface area contributed by atoms with E-state index >= 15 is 0 Å². The quantitative estimate of drug-likeness (QED) is 0.229. The van der Waals surface area contributed by atoms with Gasteiger partial charge in [-0.25, -0.2) is 9.68 Å². The van der Waals surface area contributed by atoms with Crippen molar-refractivity contribution in [1.82, 2.24) is 5.64 Å². The van der Waals surface area contributed by atoms with Crippen LogP contribution in [0.3, 0.4) is 0 Å². The van der Waals surface area contributed by atoms with Crippen molar-refractivity contribution in [2.45, 2.75) is 0 Å². The first-order chi connectivity index (χ1) is 3.41. The van der Waals surface area contributed by atoms with Crippen LogP contribution in [-0.2, 0) is 9.68 Å². The fourth-order valence-corrected chi connectivity index (χ4v) is 0.0944. The van der Waals surface area contributed by atoms with Crippen LogP contribution in [0.15, 0.2) is 0 Å². The van der Waals surface area contributed by atoms with E-state index in [0.29, 0.717) is 0 Å². The Balaban J connectivity index is 2.45. The summed E-state index contributed by atoms with van der Waals surface area (Å²) in [4.78, 5) is 7.99. The van der Waals surface area contributed by atoms with E-state index in [1.54, 1.807) is 5.64 Å². The molecule has 0 saturated carbocycles. The Bertz CT molecular complexity index is 28.9. The van der Waals surface area contributed by atoms with Gasteiger partial charge in [-0.1, -0.05) is 5.64 Å². The highest BCUT2D eigenvalue weighted by Crippen LogP contribution is 1.60. The number of rotatable bonds is 4. The number of hydrogen-bond donors (Lipinski definition) is 3. The van der Waals surface area contributed by atoms with Gasteiger partial charge in [-0.15, -0.1) is 0 Å². The lowest BCUT2D eigenvalue weighted by molar-refractivity contribution is -0.234. The molecule has 0 rings (SSSR count). The topological polar surface area (TPSA) is 71.0 Å². The van der Waals surface area contributed by atoms with E-state index in [0.717, 1.165) is 0 Å². The van der Waals surface area contributed by atoms with Crippen molar-refractivity contribution >= 4 is 0 Å². The zero-order valence-electron chi connectivity index (χ0n) is 3.63. The van der Waals surface area contributed by atoms with Crippen LogP contribution in [0.2, 0.25) is 0 Å². The van der Waals surface area contributed by atoms with E-state index in [4.69, 9.17) is 10.2 Å². The number of aliphatic hydroxyl groups is 2. The van der Waals surface area contributed by atoms with Crippen LogP contribution in [0.1, 0.15) is 0 Å². The molecule has 0 aliphatic heterocycles. The molecule has 0 fully saturated rings. The van der Waals surface area contributed by atoms with Crippen LogP contribution in [0.25, 0.3) is 0 Å². The van der Waals surface area contributed by atoms with Crippen molar-refractivity contribution in [1.29, 1.82) is 0 Å².